The lowest BCUT2D eigenvalue weighted by Gasteiger charge is -2.05. The zero-order valence-electron chi connectivity index (χ0n) is 10.8. The molecule has 3 rings (SSSR count). The van der Waals surface area contributed by atoms with Gasteiger partial charge in [-0.2, -0.15) is 0 Å². The Morgan fingerprint density at radius 1 is 1.35 bits per heavy atom. The molecule has 0 bridgehead atoms. The van der Waals surface area contributed by atoms with Crippen LogP contribution in [0.15, 0.2) is 36.7 Å². The average molecular weight is 268 g/mol. The van der Waals surface area contributed by atoms with Crippen molar-refractivity contribution in [3.8, 4) is 0 Å². The van der Waals surface area contributed by atoms with Crippen LogP contribution in [-0.4, -0.2) is 31.1 Å². The number of fused-ring (bicyclic) bond motifs is 1. The van der Waals surface area contributed by atoms with E-state index in [0.29, 0.717) is 17.6 Å². The van der Waals surface area contributed by atoms with Gasteiger partial charge in [0.25, 0.3) is 0 Å². The Morgan fingerprint density at radius 3 is 2.95 bits per heavy atom. The van der Waals surface area contributed by atoms with Crippen LogP contribution in [-0.2, 0) is 6.54 Å². The minimum atomic E-state index is -0.961. The van der Waals surface area contributed by atoms with E-state index in [1.165, 1.54) is 6.07 Å². The summed E-state index contributed by atoms with van der Waals surface area (Å²) < 4.78 is 1.69. The minimum absolute atomic E-state index is 0.226. The third kappa shape index (κ3) is 2.11. The molecule has 1 aromatic carbocycles. The summed E-state index contributed by atoms with van der Waals surface area (Å²) in [4.78, 5) is 15.1. The Morgan fingerprint density at radius 2 is 2.20 bits per heavy atom. The largest absolute Gasteiger partial charge is 0.478 e. The van der Waals surface area contributed by atoms with Crippen molar-refractivity contribution in [1.29, 1.82) is 0 Å². The fourth-order valence-electron chi connectivity index (χ4n) is 2.04. The number of hydrogen-bond acceptors (Lipinski definition) is 4. The fourth-order valence-corrected chi connectivity index (χ4v) is 2.04. The van der Waals surface area contributed by atoms with Crippen molar-refractivity contribution in [1.82, 2.24) is 20.0 Å². The van der Waals surface area contributed by atoms with Crippen molar-refractivity contribution in [2.75, 3.05) is 0 Å². The van der Waals surface area contributed by atoms with E-state index >= 15 is 0 Å². The van der Waals surface area contributed by atoms with Crippen LogP contribution in [0.2, 0.25) is 0 Å². The van der Waals surface area contributed by atoms with Gasteiger partial charge in [-0.25, -0.2) is 9.48 Å². The minimum Gasteiger partial charge on any atom is -0.478 e. The molecule has 0 saturated carbocycles. The molecule has 2 heterocycles. The van der Waals surface area contributed by atoms with Crippen LogP contribution < -0.4 is 0 Å². The number of aryl methyl sites for hydroxylation is 1. The quantitative estimate of drug-likeness (QED) is 0.784. The van der Waals surface area contributed by atoms with Crippen molar-refractivity contribution in [3.63, 3.8) is 0 Å². The van der Waals surface area contributed by atoms with E-state index in [-0.39, 0.29) is 5.56 Å². The van der Waals surface area contributed by atoms with Gasteiger partial charge in [0.1, 0.15) is 5.52 Å². The van der Waals surface area contributed by atoms with Gasteiger partial charge in [0.15, 0.2) is 0 Å². The summed E-state index contributed by atoms with van der Waals surface area (Å²) in [5, 5.41) is 17.2. The van der Waals surface area contributed by atoms with Crippen molar-refractivity contribution in [2.24, 2.45) is 0 Å². The number of rotatable bonds is 3. The Kier molecular flexibility index (Phi) is 2.90. The molecule has 0 fully saturated rings. The molecule has 1 N–H and O–H groups in total. The first kappa shape index (κ1) is 12.3. The number of pyridine rings is 1. The summed E-state index contributed by atoms with van der Waals surface area (Å²) in [6.45, 7) is 2.51. The van der Waals surface area contributed by atoms with Crippen LogP contribution in [0.5, 0.6) is 0 Å². The van der Waals surface area contributed by atoms with E-state index in [1.54, 1.807) is 29.2 Å². The van der Waals surface area contributed by atoms with Crippen molar-refractivity contribution in [2.45, 2.75) is 13.5 Å². The molecule has 0 saturated heterocycles. The Bertz CT molecular complexity index is 795. The molecule has 0 spiro atoms. The van der Waals surface area contributed by atoms with Crippen LogP contribution >= 0.6 is 0 Å². The van der Waals surface area contributed by atoms with Crippen LogP contribution in [0.3, 0.4) is 0 Å². The second kappa shape index (κ2) is 4.73. The van der Waals surface area contributed by atoms with Gasteiger partial charge in [0, 0.05) is 12.4 Å². The molecule has 0 aliphatic heterocycles. The third-order valence-corrected chi connectivity index (χ3v) is 3.23. The predicted molar refractivity (Wildman–Crippen MR) is 72.6 cm³/mol. The normalized spacial score (nSPS) is 10.8. The first-order valence-corrected chi connectivity index (χ1v) is 6.11. The highest BCUT2D eigenvalue weighted by Gasteiger charge is 2.10. The highest BCUT2D eigenvalue weighted by atomic mass is 16.4. The van der Waals surface area contributed by atoms with Crippen molar-refractivity contribution >= 4 is 17.0 Å². The van der Waals surface area contributed by atoms with Crippen LogP contribution in [0, 0.1) is 6.92 Å². The van der Waals surface area contributed by atoms with Gasteiger partial charge in [-0.3, -0.25) is 4.98 Å². The summed E-state index contributed by atoms with van der Waals surface area (Å²) >= 11 is 0. The molecular formula is C14H12N4O2. The third-order valence-electron chi connectivity index (χ3n) is 3.23. The molecule has 0 radical (unpaired) electrons. The van der Waals surface area contributed by atoms with Gasteiger partial charge in [-0.15, -0.1) is 5.10 Å². The molecule has 0 amide bonds. The van der Waals surface area contributed by atoms with Gasteiger partial charge in [0.05, 0.1) is 17.6 Å². The van der Waals surface area contributed by atoms with Gasteiger partial charge < -0.3 is 5.11 Å². The number of aromatic nitrogens is 4. The lowest BCUT2D eigenvalue weighted by atomic mass is 10.1. The summed E-state index contributed by atoms with van der Waals surface area (Å²) in [6.07, 6.45) is 3.52. The number of hydrogen-bond donors (Lipinski definition) is 1. The van der Waals surface area contributed by atoms with Gasteiger partial charge in [-0.05, 0) is 42.3 Å². The smallest absolute Gasteiger partial charge is 0.335 e. The number of carboxylic acids is 1. The Labute approximate surface area is 114 Å². The molecule has 100 valence electrons. The number of nitrogens with zero attached hydrogens (tertiary/aromatic N) is 4. The molecular weight excluding hydrogens is 256 g/mol. The van der Waals surface area contributed by atoms with E-state index in [0.717, 1.165) is 11.1 Å². The Hall–Kier alpha value is -2.76. The van der Waals surface area contributed by atoms with E-state index in [9.17, 15) is 4.79 Å². The summed E-state index contributed by atoms with van der Waals surface area (Å²) in [5.41, 5.74) is 3.74. The van der Waals surface area contributed by atoms with Gasteiger partial charge in [-0.1, -0.05) is 5.21 Å². The Balaban J connectivity index is 2.06. The highest BCUT2D eigenvalue weighted by molar-refractivity contribution is 5.92. The summed E-state index contributed by atoms with van der Waals surface area (Å²) in [7, 11) is 0. The zero-order chi connectivity index (χ0) is 14.1. The lowest BCUT2D eigenvalue weighted by Crippen LogP contribution is -2.04. The monoisotopic (exact) mass is 268 g/mol. The molecule has 0 aliphatic carbocycles. The molecule has 20 heavy (non-hydrogen) atoms. The highest BCUT2D eigenvalue weighted by Crippen LogP contribution is 2.16. The van der Waals surface area contributed by atoms with E-state index in [4.69, 9.17) is 5.11 Å². The maximum Gasteiger partial charge on any atom is 0.335 e. The summed E-state index contributed by atoms with van der Waals surface area (Å²) in [6, 6.07) is 6.71. The van der Waals surface area contributed by atoms with Crippen LogP contribution in [0.1, 0.15) is 21.5 Å². The number of benzene rings is 1. The number of carbonyl (C=O) groups is 1. The van der Waals surface area contributed by atoms with Crippen LogP contribution in [0.4, 0.5) is 0 Å². The van der Waals surface area contributed by atoms with E-state index in [2.05, 4.69) is 15.3 Å². The van der Waals surface area contributed by atoms with Gasteiger partial charge in [0.2, 0.25) is 0 Å². The van der Waals surface area contributed by atoms with Crippen molar-refractivity contribution in [3.05, 3.63) is 53.3 Å². The van der Waals surface area contributed by atoms with E-state index < -0.39 is 5.97 Å². The first-order valence-electron chi connectivity index (χ1n) is 6.11. The topological polar surface area (TPSA) is 80.9 Å². The van der Waals surface area contributed by atoms with E-state index in [1.807, 2.05) is 13.0 Å². The molecule has 2 aromatic heterocycles. The number of carboxylic acid groups (broad SMARTS) is 1. The SMILES string of the molecule is Cc1ccncc1Cn1nnc2ccc(C(=O)O)cc21. The maximum atomic E-state index is 11.0. The maximum absolute atomic E-state index is 11.0. The average Bonchev–Trinajstić information content (AvgIpc) is 2.84. The standard InChI is InChI=1S/C14H12N4O2/c1-9-4-5-15-7-11(9)8-18-13-6-10(14(19)20)2-3-12(13)16-17-18/h2-7H,8H2,1H3,(H,19,20). The molecule has 0 aliphatic rings. The second-order valence-electron chi connectivity index (χ2n) is 4.56. The molecule has 0 unspecified atom stereocenters. The van der Waals surface area contributed by atoms with Gasteiger partial charge >= 0.3 is 5.97 Å². The molecule has 6 heteroatoms. The number of aromatic carboxylic acids is 1. The molecule has 6 nitrogen and oxygen atoms in total. The first-order chi connectivity index (χ1) is 9.65. The van der Waals surface area contributed by atoms with Crippen LogP contribution in [0.25, 0.3) is 11.0 Å². The zero-order valence-corrected chi connectivity index (χ0v) is 10.8. The lowest BCUT2D eigenvalue weighted by molar-refractivity contribution is 0.0697. The fraction of sp³-hybridized carbons (Fsp3) is 0.143. The second-order valence-corrected chi connectivity index (χ2v) is 4.56. The molecule has 0 atom stereocenters. The predicted octanol–water partition coefficient (Wildman–Crippen LogP) is 1.88. The molecule has 3 aromatic rings. The van der Waals surface area contributed by atoms with Crippen molar-refractivity contribution < 1.29 is 9.90 Å². The summed E-state index contributed by atoms with van der Waals surface area (Å²) in [5.74, 6) is -0.961.